The van der Waals surface area contributed by atoms with Gasteiger partial charge in [0.1, 0.15) is 5.75 Å². The van der Waals surface area contributed by atoms with Crippen LogP contribution in [-0.2, 0) is 22.0 Å². The number of hydrogen-bond donors (Lipinski definition) is 1. The number of nitrogens with one attached hydrogen (secondary N) is 1. The number of rotatable bonds is 6. The molecule has 0 amide bonds. The molecule has 6 nitrogen and oxygen atoms in total. The second-order valence-electron chi connectivity index (χ2n) is 5.85. The molecular formula is C12H23N3O3S. The number of hydrogen-bond acceptors (Lipinski definition) is 6. The van der Waals surface area contributed by atoms with Crippen molar-refractivity contribution in [3.05, 3.63) is 11.7 Å². The normalized spacial score (nSPS) is 14.6. The van der Waals surface area contributed by atoms with E-state index in [-0.39, 0.29) is 23.0 Å². The molecule has 0 aliphatic heterocycles. The summed E-state index contributed by atoms with van der Waals surface area (Å²) in [4.78, 5) is 4.13. The van der Waals surface area contributed by atoms with Gasteiger partial charge in [-0.05, 0) is 12.0 Å². The highest BCUT2D eigenvalue weighted by Gasteiger charge is 2.26. The average Bonchev–Trinajstić information content (AvgIpc) is 2.60. The van der Waals surface area contributed by atoms with Crippen LogP contribution in [0.3, 0.4) is 0 Å². The van der Waals surface area contributed by atoms with Crippen LogP contribution in [0.1, 0.15) is 39.4 Å². The molecule has 0 spiro atoms. The first-order valence-corrected chi connectivity index (χ1v) is 8.40. The van der Waals surface area contributed by atoms with Gasteiger partial charge in [-0.15, -0.1) is 0 Å². The largest absolute Gasteiger partial charge is 0.339 e. The molecule has 1 atom stereocenters. The lowest BCUT2D eigenvalue weighted by Gasteiger charge is -2.30. The van der Waals surface area contributed by atoms with Crippen LogP contribution in [0.25, 0.3) is 0 Å². The molecule has 19 heavy (non-hydrogen) atoms. The Morgan fingerprint density at radius 2 is 2.00 bits per heavy atom. The molecule has 1 rings (SSSR count). The molecule has 0 aliphatic carbocycles. The van der Waals surface area contributed by atoms with Crippen LogP contribution in [0.2, 0.25) is 0 Å². The van der Waals surface area contributed by atoms with E-state index in [0.717, 1.165) is 12.8 Å². The van der Waals surface area contributed by atoms with Gasteiger partial charge < -0.3 is 9.84 Å². The minimum absolute atomic E-state index is 0.0570. The zero-order valence-electron chi connectivity index (χ0n) is 12.2. The van der Waals surface area contributed by atoms with E-state index in [1.165, 1.54) is 0 Å². The Balaban J connectivity index is 2.76. The molecule has 1 aromatic heterocycles. The van der Waals surface area contributed by atoms with Crippen molar-refractivity contribution in [2.24, 2.45) is 5.41 Å². The summed E-state index contributed by atoms with van der Waals surface area (Å²) in [6, 6.07) is 0.198. The highest BCUT2D eigenvalue weighted by Crippen LogP contribution is 2.22. The van der Waals surface area contributed by atoms with Gasteiger partial charge in [0, 0.05) is 18.7 Å². The predicted octanol–water partition coefficient (Wildman–Crippen LogP) is 1.18. The maximum atomic E-state index is 11.2. The summed E-state index contributed by atoms with van der Waals surface area (Å²) in [7, 11) is -3.13. The van der Waals surface area contributed by atoms with Crippen molar-refractivity contribution in [1.29, 1.82) is 0 Å². The van der Waals surface area contributed by atoms with Crippen molar-refractivity contribution in [3.8, 4) is 0 Å². The molecule has 1 heterocycles. The lowest BCUT2D eigenvalue weighted by Crippen LogP contribution is -2.41. The Bertz CT molecular complexity index is 503. The molecular weight excluding hydrogens is 266 g/mol. The Hall–Kier alpha value is -0.950. The highest BCUT2D eigenvalue weighted by molar-refractivity contribution is 7.89. The smallest absolute Gasteiger partial charge is 0.228 e. The SMILES string of the molecule is CCNC(Cc1nc(CS(C)(=O)=O)no1)C(C)(C)C. The van der Waals surface area contributed by atoms with E-state index in [1.54, 1.807) is 0 Å². The summed E-state index contributed by atoms with van der Waals surface area (Å²) < 4.78 is 27.4. The van der Waals surface area contributed by atoms with Gasteiger partial charge in [0.05, 0.1) is 0 Å². The summed E-state index contributed by atoms with van der Waals surface area (Å²) in [5.74, 6) is 0.513. The first-order valence-electron chi connectivity index (χ1n) is 6.34. The number of nitrogens with zero attached hydrogens (tertiary/aromatic N) is 2. The van der Waals surface area contributed by atoms with Gasteiger partial charge in [-0.3, -0.25) is 0 Å². The van der Waals surface area contributed by atoms with Crippen LogP contribution in [0.5, 0.6) is 0 Å². The molecule has 0 saturated carbocycles. The summed E-state index contributed by atoms with van der Waals surface area (Å²) in [6.45, 7) is 9.30. The van der Waals surface area contributed by atoms with Gasteiger partial charge in [0.2, 0.25) is 5.89 Å². The molecule has 0 fully saturated rings. The Labute approximate surface area is 114 Å². The average molecular weight is 289 g/mol. The Morgan fingerprint density at radius 3 is 2.47 bits per heavy atom. The van der Waals surface area contributed by atoms with Crippen LogP contribution < -0.4 is 5.32 Å². The minimum atomic E-state index is -3.13. The molecule has 0 aromatic carbocycles. The Kier molecular flexibility index (Phi) is 5.09. The molecule has 0 bridgehead atoms. The molecule has 1 aromatic rings. The van der Waals surface area contributed by atoms with E-state index in [0.29, 0.717) is 12.3 Å². The van der Waals surface area contributed by atoms with Gasteiger partial charge in [0.15, 0.2) is 15.7 Å². The quantitative estimate of drug-likeness (QED) is 0.846. The second kappa shape index (κ2) is 6.00. The van der Waals surface area contributed by atoms with Crippen molar-refractivity contribution in [2.45, 2.75) is 45.9 Å². The third-order valence-corrected chi connectivity index (χ3v) is 3.56. The summed E-state index contributed by atoms with van der Waals surface area (Å²) in [5.41, 5.74) is 0.0570. The van der Waals surface area contributed by atoms with E-state index in [2.05, 4.69) is 36.2 Å². The molecule has 7 heteroatoms. The number of likely N-dealkylation sites (N-methyl/N-ethyl adjacent to an activating group) is 1. The molecule has 1 unspecified atom stereocenters. The lowest BCUT2D eigenvalue weighted by atomic mass is 9.84. The highest BCUT2D eigenvalue weighted by atomic mass is 32.2. The van der Waals surface area contributed by atoms with Gasteiger partial charge in [-0.25, -0.2) is 8.42 Å². The summed E-state index contributed by atoms with van der Waals surface area (Å²) >= 11 is 0. The third kappa shape index (κ3) is 5.69. The summed E-state index contributed by atoms with van der Waals surface area (Å²) in [5, 5.41) is 7.09. The fourth-order valence-electron chi connectivity index (χ4n) is 1.77. The van der Waals surface area contributed by atoms with Crippen LogP contribution in [0.15, 0.2) is 4.52 Å². The maximum Gasteiger partial charge on any atom is 0.228 e. The van der Waals surface area contributed by atoms with E-state index >= 15 is 0 Å². The van der Waals surface area contributed by atoms with E-state index < -0.39 is 9.84 Å². The molecule has 110 valence electrons. The summed E-state index contributed by atoms with van der Waals surface area (Å²) in [6.07, 6.45) is 1.74. The van der Waals surface area contributed by atoms with Crippen LogP contribution >= 0.6 is 0 Å². The minimum Gasteiger partial charge on any atom is -0.339 e. The zero-order chi connectivity index (χ0) is 14.7. The fraction of sp³-hybridized carbons (Fsp3) is 0.833. The van der Waals surface area contributed by atoms with Crippen molar-refractivity contribution < 1.29 is 12.9 Å². The Morgan fingerprint density at radius 1 is 1.37 bits per heavy atom. The van der Waals surface area contributed by atoms with E-state index in [9.17, 15) is 8.42 Å². The van der Waals surface area contributed by atoms with E-state index in [4.69, 9.17) is 4.52 Å². The molecule has 0 saturated heterocycles. The topological polar surface area (TPSA) is 85.1 Å². The predicted molar refractivity (Wildman–Crippen MR) is 73.5 cm³/mol. The first kappa shape index (κ1) is 16.1. The van der Waals surface area contributed by atoms with Crippen molar-refractivity contribution in [3.63, 3.8) is 0 Å². The molecule has 0 radical (unpaired) electrons. The van der Waals surface area contributed by atoms with Crippen LogP contribution in [0, 0.1) is 5.41 Å². The van der Waals surface area contributed by atoms with Gasteiger partial charge in [-0.1, -0.05) is 32.9 Å². The van der Waals surface area contributed by atoms with E-state index in [1.807, 2.05) is 6.92 Å². The third-order valence-electron chi connectivity index (χ3n) is 2.78. The standard InChI is InChI=1S/C12H23N3O3S/c1-6-13-9(12(2,3)4)7-11-14-10(15-18-11)8-19(5,16)17/h9,13H,6-8H2,1-5H3. The maximum absolute atomic E-state index is 11.2. The van der Waals surface area contributed by atoms with Gasteiger partial charge in [0.25, 0.3) is 0 Å². The molecule has 0 aliphatic rings. The number of aromatic nitrogens is 2. The van der Waals surface area contributed by atoms with Crippen LogP contribution in [0.4, 0.5) is 0 Å². The first-order chi connectivity index (χ1) is 8.62. The lowest BCUT2D eigenvalue weighted by molar-refractivity contribution is 0.247. The van der Waals surface area contributed by atoms with Crippen LogP contribution in [-0.4, -0.2) is 37.4 Å². The van der Waals surface area contributed by atoms with Crippen molar-refractivity contribution in [1.82, 2.24) is 15.5 Å². The van der Waals surface area contributed by atoms with Crippen molar-refractivity contribution in [2.75, 3.05) is 12.8 Å². The second-order valence-corrected chi connectivity index (χ2v) is 8.00. The van der Waals surface area contributed by atoms with Crippen molar-refractivity contribution >= 4 is 9.84 Å². The number of sulfone groups is 1. The zero-order valence-corrected chi connectivity index (χ0v) is 13.0. The van der Waals surface area contributed by atoms with Gasteiger partial charge >= 0.3 is 0 Å². The molecule has 1 N–H and O–H groups in total. The monoisotopic (exact) mass is 289 g/mol. The van der Waals surface area contributed by atoms with Gasteiger partial charge in [-0.2, -0.15) is 4.98 Å². The fourth-order valence-corrected chi connectivity index (χ4v) is 2.36.